The van der Waals surface area contributed by atoms with Gasteiger partial charge in [-0.1, -0.05) is 121 Å². The van der Waals surface area contributed by atoms with Gasteiger partial charge in [-0.2, -0.15) is 0 Å². The highest BCUT2D eigenvalue weighted by Crippen LogP contribution is 2.20. The molecule has 4 aromatic rings. The lowest BCUT2D eigenvalue weighted by Crippen LogP contribution is -2.33. The fraction of sp³-hybridized carbons (Fsp3) is 0.350. The topological polar surface area (TPSA) is 61.9 Å². The molecule has 236 valence electrons. The van der Waals surface area contributed by atoms with E-state index in [0.29, 0.717) is 5.78 Å². The van der Waals surface area contributed by atoms with Gasteiger partial charge in [-0.25, -0.2) is 0 Å². The van der Waals surface area contributed by atoms with Gasteiger partial charge in [0.25, 0.3) is 0 Å². The Hall–Kier alpha value is -3.90. The van der Waals surface area contributed by atoms with E-state index < -0.39 is 0 Å². The first-order valence-electron chi connectivity index (χ1n) is 16.4. The first-order valence-corrected chi connectivity index (χ1v) is 16.4. The van der Waals surface area contributed by atoms with Gasteiger partial charge in [0.1, 0.15) is 5.78 Å². The number of Topliss-reactive ketones (excluding diaryl/α,β-unsaturated/α-hetero) is 1. The molecule has 0 radical (unpaired) electrons. The van der Waals surface area contributed by atoms with Crippen LogP contribution >= 0.6 is 0 Å². The molecule has 2 atom stereocenters. The Morgan fingerprint density at radius 3 is 1.36 bits per heavy atom. The number of benzene rings is 4. The molecule has 0 spiro atoms. The van der Waals surface area contributed by atoms with E-state index in [2.05, 4.69) is 102 Å². The van der Waals surface area contributed by atoms with Crippen molar-refractivity contribution >= 4 is 11.5 Å². The Morgan fingerprint density at radius 1 is 0.578 bits per heavy atom. The van der Waals surface area contributed by atoms with Crippen molar-refractivity contribution in [1.82, 2.24) is 9.80 Å². The van der Waals surface area contributed by atoms with Crippen molar-refractivity contribution < 1.29 is 4.79 Å². The number of aliphatic imine (C=N–C) groups is 1. The smallest absolute Gasteiger partial charge is 0.135 e. The second-order valence-corrected chi connectivity index (χ2v) is 12.0. The summed E-state index contributed by atoms with van der Waals surface area (Å²) in [5.74, 6) is 0.411. The first-order chi connectivity index (χ1) is 22.0. The van der Waals surface area contributed by atoms with Crippen LogP contribution in [0.4, 0.5) is 0 Å². The molecule has 4 aromatic carbocycles. The van der Waals surface area contributed by atoms with Gasteiger partial charge >= 0.3 is 0 Å². The number of piperidine rings is 2. The first kappa shape index (κ1) is 34.0. The lowest BCUT2D eigenvalue weighted by Gasteiger charge is -2.28. The van der Waals surface area contributed by atoms with Gasteiger partial charge in [-0.3, -0.25) is 19.6 Å². The molecule has 0 bridgehead atoms. The van der Waals surface area contributed by atoms with Crippen LogP contribution < -0.4 is 5.73 Å². The zero-order chi connectivity index (χ0) is 31.7. The van der Waals surface area contributed by atoms with E-state index in [0.717, 1.165) is 65.0 Å². The van der Waals surface area contributed by atoms with Crippen molar-refractivity contribution in [2.75, 3.05) is 26.2 Å². The number of nitrogens with two attached hydrogens (primary N) is 1. The van der Waals surface area contributed by atoms with Crippen LogP contribution in [0.1, 0.15) is 73.9 Å². The molecular weight excluding hydrogens is 552 g/mol. The molecule has 5 nitrogen and oxygen atoms in total. The molecule has 2 aliphatic rings. The highest BCUT2D eigenvalue weighted by Gasteiger charge is 2.17. The van der Waals surface area contributed by atoms with Crippen LogP contribution in [0.25, 0.3) is 0 Å². The molecule has 2 heterocycles. The molecule has 0 aliphatic carbocycles. The number of carbonyl (C=O) groups excluding carboxylic acids is 1. The second-order valence-electron chi connectivity index (χ2n) is 12.0. The number of likely N-dealkylation sites (tertiary alicyclic amines) is 2. The third kappa shape index (κ3) is 12.6. The average molecular weight is 603 g/mol. The standard InChI is InChI=1S/C20H24N2.C12H15NO.C8H11N/c1-17(19-10-6-3-7-11-19)21-20-12-14-22(15-13-20)16-18-8-4-2-5-9-18;14-12-6-8-13(9-7-12)10-11-4-2-1-3-5-11;1-7(9)8-5-3-2-4-6-8/h2-11,17H,12-16H2,1H3;1-5H,6-10H2;2-7H,9H2,1H3/t17-;;7-/m0.0/s1. The third-order valence-electron chi connectivity index (χ3n) is 8.33. The number of hydrogen-bond donors (Lipinski definition) is 1. The molecule has 2 N–H and O–H groups in total. The van der Waals surface area contributed by atoms with Crippen LogP contribution in [-0.2, 0) is 17.9 Å². The minimum Gasteiger partial charge on any atom is -0.324 e. The van der Waals surface area contributed by atoms with Crippen molar-refractivity contribution in [1.29, 1.82) is 0 Å². The maximum atomic E-state index is 11.0. The summed E-state index contributed by atoms with van der Waals surface area (Å²) in [4.78, 5) is 20.8. The molecule has 2 saturated heterocycles. The van der Waals surface area contributed by atoms with Crippen molar-refractivity contribution in [3.63, 3.8) is 0 Å². The minimum atomic E-state index is 0.159. The monoisotopic (exact) mass is 602 g/mol. The van der Waals surface area contributed by atoms with Gasteiger partial charge in [0.05, 0.1) is 6.04 Å². The second kappa shape index (κ2) is 18.8. The van der Waals surface area contributed by atoms with Crippen molar-refractivity contribution in [2.24, 2.45) is 10.7 Å². The Kier molecular flexibility index (Phi) is 14.2. The Balaban J connectivity index is 0.000000171. The molecule has 0 unspecified atom stereocenters. The number of hydrogen-bond acceptors (Lipinski definition) is 5. The van der Waals surface area contributed by atoms with Crippen molar-refractivity contribution in [3.8, 4) is 0 Å². The van der Waals surface area contributed by atoms with E-state index >= 15 is 0 Å². The number of ketones is 1. The van der Waals surface area contributed by atoms with Crippen LogP contribution in [0, 0.1) is 0 Å². The normalized spacial score (nSPS) is 16.8. The van der Waals surface area contributed by atoms with Gasteiger partial charge in [0.15, 0.2) is 0 Å². The summed E-state index contributed by atoms with van der Waals surface area (Å²) in [5, 5.41) is 0. The van der Waals surface area contributed by atoms with Crippen molar-refractivity contribution in [2.45, 2.75) is 64.7 Å². The van der Waals surface area contributed by atoms with E-state index in [4.69, 9.17) is 10.7 Å². The van der Waals surface area contributed by atoms with Crippen LogP contribution in [0.5, 0.6) is 0 Å². The summed E-state index contributed by atoms with van der Waals surface area (Å²) in [7, 11) is 0. The molecule has 5 heteroatoms. The fourth-order valence-electron chi connectivity index (χ4n) is 5.58. The lowest BCUT2D eigenvalue weighted by molar-refractivity contribution is -0.121. The summed E-state index contributed by atoms with van der Waals surface area (Å²) < 4.78 is 0. The van der Waals surface area contributed by atoms with Crippen LogP contribution in [0.2, 0.25) is 0 Å². The summed E-state index contributed by atoms with van der Waals surface area (Å²) in [6.45, 7) is 10.3. The predicted molar refractivity (Wildman–Crippen MR) is 188 cm³/mol. The predicted octanol–water partition coefficient (Wildman–Crippen LogP) is 8.04. The van der Waals surface area contributed by atoms with Gasteiger partial charge in [-0.15, -0.1) is 0 Å². The van der Waals surface area contributed by atoms with Gasteiger partial charge in [0.2, 0.25) is 0 Å². The number of nitrogens with zero attached hydrogens (tertiary/aromatic N) is 3. The third-order valence-corrected chi connectivity index (χ3v) is 8.33. The zero-order valence-corrected chi connectivity index (χ0v) is 27.1. The Labute approximate surface area is 270 Å². The van der Waals surface area contributed by atoms with Crippen molar-refractivity contribution in [3.05, 3.63) is 144 Å². The van der Waals surface area contributed by atoms with Gasteiger partial charge in [-0.05, 0) is 48.9 Å². The summed E-state index contributed by atoms with van der Waals surface area (Å²) >= 11 is 0. The van der Waals surface area contributed by atoms with E-state index in [1.165, 1.54) is 28.0 Å². The van der Waals surface area contributed by atoms with E-state index in [1.807, 2.05) is 43.3 Å². The zero-order valence-electron chi connectivity index (χ0n) is 27.1. The lowest BCUT2D eigenvalue weighted by atomic mass is 10.1. The molecule has 0 amide bonds. The highest BCUT2D eigenvalue weighted by molar-refractivity contribution is 5.85. The summed E-state index contributed by atoms with van der Waals surface area (Å²) in [5.41, 5.74) is 12.2. The molecule has 6 rings (SSSR count). The molecular formula is C40H50N4O. The maximum absolute atomic E-state index is 11.0. The average Bonchev–Trinajstić information content (AvgIpc) is 3.09. The highest BCUT2D eigenvalue weighted by atomic mass is 16.1. The number of rotatable bonds is 7. The SMILES string of the molecule is C[C@H](N)c1ccccc1.C[C@H](N=C1CCN(Cc2ccccc2)CC1)c1ccccc1.O=C1CCN(Cc2ccccc2)CC1. The molecule has 0 saturated carbocycles. The molecule has 45 heavy (non-hydrogen) atoms. The van der Waals surface area contributed by atoms with Gasteiger partial charge < -0.3 is 5.73 Å². The van der Waals surface area contributed by atoms with E-state index in [9.17, 15) is 4.79 Å². The van der Waals surface area contributed by atoms with Gasteiger partial charge in [0, 0.05) is 63.9 Å². The molecule has 2 fully saturated rings. The van der Waals surface area contributed by atoms with Crippen LogP contribution in [-0.4, -0.2) is 47.5 Å². The van der Waals surface area contributed by atoms with E-state index in [-0.39, 0.29) is 12.1 Å². The maximum Gasteiger partial charge on any atom is 0.135 e. The summed E-state index contributed by atoms with van der Waals surface area (Å²) in [6.07, 6.45) is 3.66. The quantitative estimate of drug-likeness (QED) is 0.233. The number of carbonyl (C=O) groups is 1. The van der Waals surface area contributed by atoms with Crippen LogP contribution in [0.15, 0.2) is 126 Å². The minimum absolute atomic E-state index is 0.159. The Morgan fingerprint density at radius 2 is 0.956 bits per heavy atom. The molecule has 2 aliphatic heterocycles. The summed E-state index contributed by atoms with van der Waals surface area (Å²) in [6, 6.07) is 42.2. The van der Waals surface area contributed by atoms with E-state index in [1.54, 1.807) is 0 Å². The fourth-order valence-corrected chi connectivity index (χ4v) is 5.58. The Bertz CT molecular complexity index is 1390. The van der Waals surface area contributed by atoms with Crippen LogP contribution in [0.3, 0.4) is 0 Å². The molecule has 0 aromatic heterocycles. The largest absolute Gasteiger partial charge is 0.324 e.